The Kier molecular flexibility index (Phi) is 5.36. The first-order valence-electron chi connectivity index (χ1n) is 8.18. The van der Waals surface area contributed by atoms with Crippen LogP contribution in [0.4, 0.5) is 11.5 Å². The summed E-state index contributed by atoms with van der Waals surface area (Å²) in [5.74, 6) is 0.212. The molecule has 0 aliphatic carbocycles. The maximum Gasteiger partial charge on any atom is 0.273 e. The van der Waals surface area contributed by atoms with Crippen LogP contribution < -0.4 is 5.32 Å². The van der Waals surface area contributed by atoms with E-state index >= 15 is 0 Å². The van der Waals surface area contributed by atoms with Crippen LogP contribution in [0.3, 0.4) is 0 Å². The zero-order valence-electron chi connectivity index (χ0n) is 14.8. The molecule has 138 valence electrons. The third kappa shape index (κ3) is 4.06. The zero-order chi connectivity index (χ0) is 19.6. The van der Waals surface area contributed by atoms with Crippen molar-refractivity contribution in [3.8, 4) is 11.1 Å². The number of aryl methyl sites for hydroxylation is 2. The molecule has 1 aromatic heterocycles. The molecule has 7 nitrogen and oxygen atoms in total. The highest BCUT2D eigenvalue weighted by atomic mass is 79.9. The normalized spacial score (nSPS) is 10.6. The lowest BCUT2D eigenvalue weighted by molar-refractivity contribution is -0.385. The number of nitrogens with one attached hydrogen (secondary N) is 1. The maximum atomic E-state index is 12.6. The van der Waals surface area contributed by atoms with Crippen LogP contribution in [0, 0.1) is 17.0 Å². The molecular weight excluding hydrogens is 412 g/mol. The van der Waals surface area contributed by atoms with Crippen molar-refractivity contribution in [3.63, 3.8) is 0 Å². The smallest absolute Gasteiger partial charge is 0.273 e. The minimum Gasteiger partial charge on any atom is -0.310 e. The van der Waals surface area contributed by atoms with Gasteiger partial charge in [0.2, 0.25) is 5.91 Å². The van der Waals surface area contributed by atoms with Gasteiger partial charge in [-0.05, 0) is 24.6 Å². The first kappa shape index (κ1) is 18.8. The van der Waals surface area contributed by atoms with Crippen LogP contribution in [-0.2, 0) is 18.3 Å². The lowest BCUT2D eigenvalue weighted by Gasteiger charge is -2.10. The Morgan fingerprint density at radius 2 is 1.89 bits per heavy atom. The van der Waals surface area contributed by atoms with E-state index in [1.54, 1.807) is 29.9 Å². The zero-order valence-corrected chi connectivity index (χ0v) is 16.4. The molecule has 0 fully saturated rings. The Hall–Kier alpha value is -3.00. The number of amides is 1. The number of hydrogen-bond acceptors (Lipinski definition) is 4. The minimum absolute atomic E-state index is 0.0676. The highest BCUT2D eigenvalue weighted by Gasteiger charge is 2.20. The second-order valence-electron chi connectivity index (χ2n) is 6.05. The van der Waals surface area contributed by atoms with Gasteiger partial charge < -0.3 is 5.32 Å². The van der Waals surface area contributed by atoms with Crippen molar-refractivity contribution in [2.45, 2.75) is 13.3 Å². The fraction of sp³-hybridized carbons (Fsp3) is 0.158. The number of para-hydroxylation sites is 1. The molecule has 3 aromatic rings. The summed E-state index contributed by atoms with van der Waals surface area (Å²) in [6, 6.07) is 13.9. The number of carbonyl (C=O) groups is 1. The number of carbonyl (C=O) groups excluding carboxylic acids is 1. The van der Waals surface area contributed by atoms with Crippen LogP contribution in [0.5, 0.6) is 0 Å². The highest BCUT2D eigenvalue weighted by molar-refractivity contribution is 9.10. The quantitative estimate of drug-likeness (QED) is 0.485. The molecule has 0 saturated heterocycles. The molecule has 0 aliphatic rings. The van der Waals surface area contributed by atoms with Gasteiger partial charge in [-0.3, -0.25) is 19.6 Å². The first-order valence-corrected chi connectivity index (χ1v) is 8.98. The van der Waals surface area contributed by atoms with Gasteiger partial charge in [0, 0.05) is 28.7 Å². The highest BCUT2D eigenvalue weighted by Crippen LogP contribution is 2.32. The predicted molar refractivity (Wildman–Crippen MR) is 107 cm³/mol. The van der Waals surface area contributed by atoms with Gasteiger partial charge in [-0.15, -0.1) is 0 Å². The molecule has 0 bridgehead atoms. The Balaban J connectivity index is 1.89. The summed E-state index contributed by atoms with van der Waals surface area (Å²) in [5, 5.41) is 18.4. The molecule has 2 aromatic carbocycles. The molecule has 27 heavy (non-hydrogen) atoms. The van der Waals surface area contributed by atoms with Crippen LogP contribution in [0.15, 0.2) is 53.0 Å². The summed E-state index contributed by atoms with van der Waals surface area (Å²) in [6.45, 7) is 1.87. The summed E-state index contributed by atoms with van der Waals surface area (Å²) < 4.78 is 2.55. The lowest BCUT2D eigenvalue weighted by atomic mass is 10.1. The number of hydrogen-bond donors (Lipinski definition) is 1. The topological polar surface area (TPSA) is 90.1 Å². The second-order valence-corrected chi connectivity index (χ2v) is 6.97. The van der Waals surface area contributed by atoms with Gasteiger partial charge in [0.25, 0.3) is 5.69 Å². The Bertz CT molecular complexity index is 1010. The summed E-state index contributed by atoms with van der Waals surface area (Å²) in [5.41, 5.74) is 2.82. The van der Waals surface area contributed by atoms with Gasteiger partial charge in [0.1, 0.15) is 5.82 Å². The lowest BCUT2D eigenvalue weighted by Crippen LogP contribution is -2.17. The van der Waals surface area contributed by atoms with Crippen molar-refractivity contribution in [1.82, 2.24) is 9.78 Å². The first-order chi connectivity index (χ1) is 12.9. The second kappa shape index (κ2) is 7.71. The van der Waals surface area contributed by atoms with E-state index in [0.717, 1.165) is 21.3 Å². The van der Waals surface area contributed by atoms with Crippen LogP contribution in [0.2, 0.25) is 0 Å². The molecule has 1 heterocycles. The SMILES string of the molecule is Cc1nn(C)c(NC(=O)Cc2ccccc2[N+](=O)[O-])c1-c1ccc(Br)cc1. The third-order valence-electron chi connectivity index (χ3n) is 4.15. The summed E-state index contributed by atoms with van der Waals surface area (Å²) >= 11 is 3.41. The van der Waals surface area contributed by atoms with Gasteiger partial charge in [-0.2, -0.15) is 5.10 Å². The average molecular weight is 429 g/mol. The monoisotopic (exact) mass is 428 g/mol. The number of aromatic nitrogens is 2. The predicted octanol–water partition coefficient (Wildman–Crippen LogP) is 4.25. The fourth-order valence-corrected chi connectivity index (χ4v) is 3.22. The Labute approximate surface area is 164 Å². The summed E-state index contributed by atoms with van der Waals surface area (Å²) in [4.78, 5) is 23.2. The molecular formula is C19H17BrN4O3. The molecule has 0 spiro atoms. The molecule has 0 atom stereocenters. The van der Waals surface area contributed by atoms with Crippen LogP contribution in [0.25, 0.3) is 11.1 Å². The molecule has 1 amide bonds. The van der Waals surface area contributed by atoms with E-state index in [4.69, 9.17) is 0 Å². The van der Waals surface area contributed by atoms with E-state index in [0.29, 0.717) is 11.4 Å². The number of benzene rings is 2. The minimum atomic E-state index is -0.482. The van der Waals surface area contributed by atoms with Crippen LogP contribution in [-0.4, -0.2) is 20.6 Å². The van der Waals surface area contributed by atoms with Gasteiger partial charge >= 0.3 is 0 Å². The van der Waals surface area contributed by atoms with Crippen molar-refractivity contribution >= 4 is 33.3 Å². The van der Waals surface area contributed by atoms with E-state index in [-0.39, 0.29) is 18.0 Å². The number of anilines is 1. The standard InChI is InChI=1S/C19H17BrN4O3/c1-12-18(13-7-9-15(20)10-8-13)19(23(2)22-12)21-17(25)11-14-5-3-4-6-16(14)24(26)27/h3-10H,11H2,1-2H3,(H,21,25). The molecule has 0 radical (unpaired) electrons. The Morgan fingerprint density at radius 1 is 1.22 bits per heavy atom. The van der Waals surface area contributed by atoms with Crippen molar-refractivity contribution in [2.24, 2.45) is 7.05 Å². The third-order valence-corrected chi connectivity index (χ3v) is 4.68. The van der Waals surface area contributed by atoms with Gasteiger partial charge in [-0.1, -0.05) is 46.3 Å². The van der Waals surface area contributed by atoms with E-state index in [9.17, 15) is 14.9 Å². The van der Waals surface area contributed by atoms with E-state index in [1.807, 2.05) is 31.2 Å². The molecule has 0 saturated carbocycles. The van der Waals surface area contributed by atoms with Crippen LogP contribution >= 0.6 is 15.9 Å². The van der Waals surface area contributed by atoms with Crippen LogP contribution in [0.1, 0.15) is 11.3 Å². The Morgan fingerprint density at radius 3 is 2.56 bits per heavy atom. The van der Waals surface area contributed by atoms with E-state index in [1.165, 1.54) is 6.07 Å². The van der Waals surface area contributed by atoms with Gasteiger partial charge in [0.15, 0.2) is 0 Å². The van der Waals surface area contributed by atoms with Crippen molar-refractivity contribution < 1.29 is 9.72 Å². The average Bonchev–Trinajstić information content (AvgIpc) is 2.89. The molecule has 0 aliphatic heterocycles. The summed E-state index contributed by atoms with van der Waals surface area (Å²) in [6.07, 6.45) is -0.0961. The molecule has 1 N–H and O–H groups in total. The molecule has 0 unspecified atom stereocenters. The van der Waals surface area contributed by atoms with E-state index < -0.39 is 4.92 Å². The number of nitrogens with zero attached hydrogens (tertiary/aromatic N) is 3. The molecule has 3 rings (SSSR count). The number of rotatable bonds is 5. The van der Waals surface area contributed by atoms with Gasteiger partial charge in [-0.25, -0.2) is 0 Å². The van der Waals surface area contributed by atoms with Gasteiger partial charge in [0.05, 0.1) is 17.0 Å². The number of nitro groups is 1. The van der Waals surface area contributed by atoms with E-state index in [2.05, 4.69) is 26.3 Å². The maximum absolute atomic E-state index is 12.6. The van der Waals surface area contributed by atoms with Crippen molar-refractivity contribution in [2.75, 3.05) is 5.32 Å². The fourth-order valence-electron chi connectivity index (χ4n) is 2.95. The number of nitro benzene ring substituents is 1. The summed E-state index contributed by atoms with van der Waals surface area (Å²) in [7, 11) is 1.75. The largest absolute Gasteiger partial charge is 0.310 e. The number of halogens is 1. The van der Waals surface area contributed by atoms with Crippen molar-refractivity contribution in [3.05, 3.63) is 74.4 Å². The van der Waals surface area contributed by atoms with Crippen molar-refractivity contribution in [1.29, 1.82) is 0 Å². The molecule has 8 heteroatoms.